The van der Waals surface area contributed by atoms with E-state index in [9.17, 15) is 19.0 Å². The molecule has 0 radical (unpaired) electrons. The van der Waals surface area contributed by atoms with Crippen LogP contribution in [-0.2, 0) is 32.7 Å². The molecule has 9 nitrogen and oxygen atoms in total. The molecular weight excluding hydrogens is 990 g/mol. The van der Waals surface area contributed by atoms with Crippen molar-refractivity contribution in [1.29, 1.82) is 0 Å². The van der Waals surface area contributed by atoms with Gasteiger partial charge in [-0.1, -0.05) is 334 Å². The van der Waals surface area contributed by atoms with E-state index in [0.717, 1.165) is 51.4 Å². The fourth-order valence-corrected chi connectivity index (χ4v) is 11.3. The smallest absolute Gasteiger partial charge is 0.462 e. The highest BCUT2D eigenvalue weighted by Crippen LogP contribution is 2.43. The van der Waals surface area contributed by atoms with E-state index in [2.05, 4.69) is 38.2 Å². The number of ether oxygens (including phenoxy) is 2. The molecule has 0 spiro atoms. The molecule has 3 N–H and O–H groups in total. The van der Waals surface area contributed by atoms with Crippen molar-refractivity contribution in [2.75, 3.05) is 26.4 Å². The molecule has 0 saturated carbocycles. The maximum absolute atomic E-state index is 12.7. The molecule has 0 aromatic heterocycles. The van der Waals surface area contributed by atoms with Gasteiger partial charge in [-0.2, -0.15) is 0 Å². The van der Waals surface area contributed by atoms with Crippen LogP contribution in [0.5, 0.6) is 0 Å². The van der Waals surface area contributed by atoms with Gasteiger partial charge < -0.3 is 20.1 Å². The van der Waals surface area contributed by atoms with Gasteiger partial charge in [-0.15, -0.1) is 0 Å². The van der Waals surface area contributed by atoms with E-state index < -0.39 is 26.5 Å². The Balaban J connectivity index is 3.74. The first kappa shape index (κ1) is 76.5. The quantitative estimate of drug-likeness (QED) is 0.0264. The first-order chi connectivity index (χ1) is 38.3. The first-order valence-electron chi connectivity index (χ1n) is 34.3. The highest BCUT2D eigenvalue weighted by atomic mass is 31.2. The number of hydrogen-bond acceptors (Lipinski definition) is 8. The molecule has 0 aromatic rings. The summed E-state index contributed by atoms with van der Waals surface area (Å²) in [6, 6.07) is 0. The van der Waals surface area contributed by atoms with Crippen LogP contribution in [0.3, 0.4) is 0 Å². The average molecular weight is 1120 g/mol. The number of unbranched alkanes of at least 4 members (excludes halogenated alkanes) is 49. The number of allylic oxidation sites excluding steroid dienone is 4. The minimum Gasteiger partial charge on any atom is -0.462 e. The second kappa shape index (κ2) is 64.7. The van der Waals surface area contributed by atoms with E-state index in [1.54, 1.807) is 0 Å². The molecule has 0 heterocycles. The van der Waals surface area contributed by atoms with E-state index in [0.29, 0.717) is 6.42 Å². The van der Waals surface area contributed by atoms with E-state index in [1.165, 1.54) is 283 Å². The Morgan fingerprint density at radius 1 is 0.385 bits per heavy atom. The molecule has 0 aromatic carbocycles. The van der Waals surface area contributed by atoms with Gasteiger partial charge in [0.15, 0.2) is 6.10 Å². The molecule has 0 amide bonds. The maximum atomic E-state index is 12.7. The van der Waals surface area contributed by atoms with Gasteiger partial charge in [0.1, 0.15) is 6.61 Å². The van der Waals surface area contributed by atoms with Gasteiger partial charge in [0.25, 0.3) is 0 Å². The van der Waals surface area contributed by atoms with E-state index in [1.807, 2.05) is 0 Å². The van der Waals surface area contributed by atoms with Crippen molar-refractivity contribution in [2.24, 2.45) is 5.73 Å². The van der Waals surface area contributed by atoms with Crippen LogP contribution in [0.25, 0.3) is 0 Å². The molecule has 2 atom stereocenters. The van der Waals surface area contributed by atoms with Crippen molar-refractivity contribution in [3.8, 4) is 0 Å². The second-order valence-electron chi connectivity index (χ2n) is 23.4. The molecular formula is C68H132NO8P. The molecule has 0 fully saturated rings. The normalized spacial score (nSPS) is 13.0. The Labute approximate surface area is 484 Å². The van der Waals surface area contributed by atoms with Gasteiger partial charge in [0, 0.05) is 19.4 Å². The number of carbonyl (C=O) groups is 2. The van der Waals surface area contributed by atoms with E-state index in [4.69, 9.17) is 24.3 Å². The molecule has 78 heavy (non-hydrogen) atoms. The molecule has 0 aliphatic rings. The predicted octanol–water partition coefficient (Wildman–Crippen LogP) is 22.1. The number of phosphoric acid groups is 1. The third-order valence-electron chi connectivity index (χ3n) is 15.6. The number of rotatable bonds is 66. The summed E-state index contributed by atoms with van der Waals surface area (Å²) in [6.45, 7) is 3.78. The van der Waals surface area contributed by atoms with Gasteiger partial charge in [-0.05, 0) is 44.9 Å². The summed E-state index contributed by atoms with van der Waals surface area (Å²) in [5, 5.41) is 0. The van der Waals surface area contributed by atoms with Gasteiger partial charge in [0.05, 0.1) is 13.2 Å². The Bertz CT molecular complexity index is 1330. The minimum absolute atomic E-state index is 0.0549. The second-order valence-corrected chi connectivity index (χ2v) is 24.9. The SMILES string of the molecule is CCCCC/C=C\C/C=C\CCCCCCCCCCCC(=O)OC(COC(=O)CCCCCCCCCCCCCCCCCCCCCCCCCCCCCCCCCCCCCCCC)COP(=O)(O)OCCN. The zero-order chi connectivity index (χ0) is 56.6. The van der Waals surface area contributed by atoms with Crippen LogP contribution in [0.1, 0.15) is 367 Å². The van der Waals surface area contributed by atoms with Gasteiger partial charge in [-0.25, -0.2) is 4.57 Å². The van der Waals surface area contributed by atoms with Crippen LogP contribution < -0.4 is 5.73 Å². The number of phosphoric ester groups is 1. The van der Waals surface area contributed by atoms with Gasteiger partial charge >= 0.3 is 19.8 Å². The lowest BCUT2D eigenvalue weighted by atomic mass is 10.0. The van der Waals surface area contributed by atoms with E-state index >= 15 is 0 Å². The molecule has 0 aliphatic heterocycles. The Morgan fingerprint density at radius 2 is 0.667 bits per heavy atom. The summed E-state index contributed by atoms with van der Waals surface area (Å²) in [7, 11) is -4.39. The highest BCUT2D eigenvalue weighted by molar-refractivity contribution is 7.47. The molecule has 10 heteroatoms. The maximum Gasteiger partial charge on any atom is 0.472 e. The van der Waals surface area contributed by atoms with Crippen LogP contribution in [0.4, 0.5) is 0 Å². The highest BCUT2D eigenvalue weighted by Gasteiger charge is 2.26. The van der Waals surface area contributed by atoms with Crippen LogP contribution in [0.15, 0.2) is 24.3 Å². The average Bonchev–Trinajstić information content (AvgIpc) is 3.43. The molecule has 2 unspecified atom stereocenters. The lowest BCUT2D eigenvalue weighted by Gasteiger charge is -2.19. The number of carbonyl (C=O) groups excluding carboxylic acids is 2. The van der Waals surface area contributed by atoms with Crippen LogP contribution >= 0.6 is 7.82 Å². The van der Waals surface area contributed by atoms with Gasteiger partial charge in [-0.3, -0.25) is 18.6 Å². The third-order valence-corrected chi connectivity index (χ3v) is 16.6. The van der Waals surface area contributed by atoms with Gasteiger partial charge in [0.2, 0.25) is 0 Å². The standard InChI is InChI=1S/C68H132NO8P/c1-3-5-7-9-11-13-15-17-19-21-23-24-25-26-27-28-29-30-31-32-33-34-35-36-37-38-39-40-41-43-44-46-48-50-52-54-56-58-60-67(70)74-64-66(65-76-78(72,73)75-63-62-69)77-68(71)61-59-57-55-53-51-49-47-45-42-22-20-18-16-14-12-10-8-6-4-2/h12,14,18,20,66H,3-11,13,15-17,19,21-65,69H2,1-2H3,(H,72,73)/b14-12-,20-18-. The molecule has 462 valence electrons. The predicted molar refractivity (Wildman–Crippen MR) is 335 cm³/mol. The number of esters is 2. The zero-order valence-electron chi connectivity index (χ0n) is 51.9. The molecule has 0 saturated heterocycles. The number of nitrogens with two attached hydrogens (primary N) is 1. The topological polar surface area (TPSA) is 134 Å². The summed E-state index contributed by atoms with van der Waals surface area (Å²) < 4.78 is 33.1. The van der Waals surface area contributed by atoms with Crippen molar-refractivity contribution in [2.45, 2.75) is 373 Å². The summed E-state index contributed by atoms with van der Waals surface area (Å²) in [6.07, 6.45) is 78.6. The fraction of sp³-hybridized carbons (Fsp3) is 0.912. The van der Waals surface area contributed by atoms with Crippen molar-refractivity contribution in [3.05, 3.63) is 24.3 Å². The monoisotopic (exact) mass is 1120 g/mol. The zero-order valence-corrected chi connectivity index (χ0v) is 52.8. The van der Waals surface area contributed by atoms with E-state index in [-0.39, 0.29) is 38.6 Å². The van der Waals surface area contributed by atoms with Crippen molar-refractivity contribution >= 4 is 19.8 Å². The van der Waals surface area contributed by atoms with Crippen LogP contribution in [-0.4, -0.2) is 49.3 Å². The Morgan fingerprint density at radius 3 is 1.00 bits per heavy atom. The molecule has 0 aliphatic carbocycles. The lowest BCUT2D eigenvalue weighted by Crippen LogP contribution is -2.29. The first-order valence-corrected chi connectivity index (χ1v) is 35.8. The van der Waals surface area contributed by atoms with Crippen molar-refractivity contribution in [3.63, 3.8) is 0 Å². The fourth-order valence-electron chi connectivity index (χ4n) is 10.5. The lowest BCUT2D eigenvalue weighted by molar-refractivity contribution is -0.161. The van der Waals surface area contributed by atoms with Crippen LogP contribution in [0.2, 0.25) is 0 Å². The third kappa shape index (κ3) is 63.7. The summed E-state index contributed by atoms with van der Waals surface area (Å²) >= 11 is 0. The summed E-state index contributed by atoms with van der Waals surface area (Å²) in [4.78, 5) is 35.3. The Hall–Kier alpha value is -1.51. The molecule has 0 bridgehead atoms. The summed E-state index contributed by atoms with van der Waals surface area (Å²) in [5.74, 6) is -0.813. The minimum atomic E-state index is -4.39. The van der Waals surface area contributed by atoms with Crippen LogP contribution in [0, 0.1) is 0 Å². The summed E-state index contributed by atoms with van der Waals surface area (Å²) in [5.41, 5.74) is 5.39. The van der Waals surface area contributed by atoms with Crippen molar-refractivity contribution in [1.82, 2.24) is 0 Å². The number of hydrogen-bond donors (Lipinski definition) is 2. The largest absolute Gasteiger partial charge is 0.472 e. The van der Waals surface area contributed by atoms with Crippen molar-refractivity contribution < 1.29 is 37.6 Å². The molecule has 0 rings (SSSR count). The Kier molecular flexibility index (Phi) is 63.4.